The lowest BCUT2D eigenvalue weighted by Gasteiger charge is -2.31. The summed E-state index contributed by atoms with van der Waals surface area (Å²) in [5, 5.41) is 0.652. The molecule has 3 rings (SSSR count). The quantitative estimate of drug-likeness (QED) is 0.849. The van der Waals surface area contributed by atoms with E-state index >= 15 is 0 Å². The highest BCUT2D eigenvalue weighted by Gasteiger charge is 2.28. The summed E-state index contributed by atoms with van der Waals surface area (Å²) in [4.78, 5) is 0. The Kier molecular flexibility index (Phi) is 3.40. The second-order valence-corrected chi connectivity index (χ2v) is 5.57. The average molecular weight is 292 g/mol. The molecular weight excluding hydrogens is 277 g/mol. The highest BCUT2D eigenvalue weighted by atomic mass is 35.5. The molecule has 0 amide bonds. The second kappa shape index (κ2) is 5.08. The highest BCUT2D eigenvalue weighted by Crippen LogP contribution is 2.41. The SMILES string of the molecule is Cc1cc(F)ccc1C1C[C@@H](N)c2cc(Cl)ccc2O1. The van der Waals surface area contributed by atoms with Crippen LogP contribution in [-0.4, -0.2) is 0 Å². The molecule has 0 aromatic heterocycles. The van der Waals surface area contributed by atoms with E-state index in [0.717, 1.165) is 22.4 Å². The Hall–Kier alpha value is -1.58. The zero-order chi connectivity index (χ0) is 14.3. The standard InChI is InChI=1S/C16H15ClFNO/c1-9-6-11(18)3-4-12(9)16-8-14(19)13-7-10(17)2-5-15(13)20-16/h2-7,14,16H,8,19H2,1H3/t14-,16?/m1/s1. The van der Waals surface area contributed by atoms with Gasteiger partial charge in [0, 0.05) is 23.0 Å². The van der Waals surface area contributed by atoms with Crippen molar-refractivity contribution in [1.82, 2.24) is 0 Å². The van der Waals surface area contributed by atoms with Crippen LogP contribution in [0.2, 0.25) is 5.02 Å². The summed E-state index contributed by atoms with van der Waals surface area (Å²) < 4.78 is 19.2. The van der Waals surface area contributed by atoms with Crippen LogP contribution in [0.1, 0.15) is 35.3 Å². The Morgan fingerprint density at radius 1 is 1.20 bits per heavy atom. The maximum atomic E-state index is 13.2. The Labute approximate surface area is 122 Å². The van der Waals surface area contributed by atoms with Crippen molar-refractivity contribution in [2.24, 2.45) is 5.73 Å². The number of hydrogen-bond donors (Lipinski definition) is 1. The third-order valence-corrected chi connectivity index (χ3v) is 3.92. The van der Waals surface area contributed by atoms with Crippen LogP contribution < -0.4 is 10.5 Å². The number of nitrogens with two attached hydrogens (primary N) is 1. The number of benzene rings is 2. The number of aryl methyl sites for hydroxylation is 1. The molecule has 1 heterocycles. The fourth-order valence-corrected chi connectivity index (χ4v) is 2.85. The minimum absolute atomic E-state index is 0.132. The van der Waals surface area contributed by atoms with Gasteiger partial charge in [-0.05, 0) is 48.4 Å². The van der Waals surface area contributed by atoms with Crippen molar-refractivity contribution in [3.05, 3.63) is 63.9 Å². The summed E-state index contributed by atoms with van der Waals surface area (Å²) in [7, 11) is 0. The lowest BCUT2D eigenvalue weighted by Crippen LogP contribution is -2.24. The lowest BCUT2D eigenvalue weighted by atomic mass is 9.92. The summed E-state index contributed by atoms with van der Waals surface area (Å²) in [6.07, 6.45) is 0.499. The molecule has 0 spiro atoms. The molecule has 104 valence electrons. The van der Waals surface area contributed by atoms with E-state index in [0.29, 0.717) is 11.4 Å². The molecule has 2 aromatic carbocycles. The zero-order valence-corrected chi connectivity index (χ0v) is 11.8. The lowest BCUT2D eigenvalue weighted by molar-refractivity contribution is 0.161. The van der Waals surface area contributed by atoms with E-state index in [2.05, 4.69) is 0 Å². The van der Waals surface area contributed by atoms with Crippen molar-refractivity contribution >= 4 is 11.6 Å². The first kappa shape index (κ1) is 13.4. The number of fused-ring (bicyclic) bond motifs is 1. The molecule has 0 saturated heterocycles. The Morgan fingerprint density at radius 3 is 2.75 bits per heavy atom. The van der Waals surface area contributed by atoms with Crippen LogP contribution in [0.4, 0.5) is 4.39 Å². The van der Waals surface area contributed by atoms with Crippen LogP contribution in [-0.2, 0) is 0 Å². The van der Waals surface area contributed by atoms with Crippen LogP contribution in [0.5, 0.6) is 5.75 Å². The molecule has 1 aliphatic heterocycles. The Bertz CT molecular complexity index is 659. The maximum Gasteiger partial charge on any atom is 0.126 e. The first-order chi connectivity index (χ1) is 9.54. The van der Waals surface area contributed by atoms with Gasteiger partial charge in [-0.2, -0.15) is 0 Å². The monoisotopic (exact) mass is 291 g/mol. The van der Waals surface area contributed by atoms with E-state index < -0.39 is 0 Å². The third kappa shape index (κ3) is 2.39. The molecule has 2 atom stereocenters. The zero-order valence-electron chi connectivity index (χ0n) is 11.1. The smallest absolute Gasteiger partial charge is 0.126 e. The highest BCUT2D eigenvalue weighted by molar-refractivity contribution is 6.30. The van der Waals surface area contributed by atoms with Crippen molar-refractivity contribution in [2.45, 2.75) is 25.5 Å². The topological polar surface area (TPSA) is 35.2 Å². The van der Waals surface area contributed by atoms with Gasteiger partial charge < -0.3 is 10.5 Å². The van der Waals surface area contributed by atoms with Crippen LogP contribution in [0.25, 0.3) is 0 Å². The molecule has 20 heavy (non-hydrogen) atoms. The number of halogens is 2. The van der Waals surface area contributed by atoms with Crippen molar-refractivity contribution < 1.29 is 9.13 Å². The van der Waals surface area contributed by atoms with E-state index in [4.69, 9.17) is 22.1 Å². The van der Waals surface area contributed by atoms with Crippen LogP contribution >= 0.6 is 11.6 Å². The molecule has 1 aliphatic rings. The van der Waals surface area contributed by atoms with Crippen LogP contribution in [0.3, 0.4) is 0 Å². The van der Waals surface area contributed by atoms with Gasteiger partial charge in [0.1, 0.15) is 17.7 Å². The van der Waals surface area contributed by atoms with Crippen molar-refractivity contribution in [3.8, 4) is 5.75 Å². The minimum Gasteiger partial charge on any atom is -0.485 e. The summed E-state index contributed by atoms with van der Waals surface area (Å²) in [5.41, 5.74) is 8.98. The largest absolute Gasteiger partial charge is 0.485 e. The molecule has 0 aliphatic carbocycles. The molecular formula is C16H15ClFNO. The van der Waals surface area contributed by atoms with Gasteiger partial charge in [-0.1, -0.05) is 17.7 Å². The van der Waals surface area contributed by atoms with E-state index in [1.165, 1.54) is 12.1 Å². The van der Waals surface area contributed by atoms with Crippen molar-refractivity contribution in [1.29, 1.82) is 0 Å². The normalized spacial score (nSPS) is 21.2. The molecule has 2 aromatic rings. The molecule has 0 bridgehead atoms. The first-order valence-electron chi connectivity index (χ1n) is 6.52. The Morgan fingerprint density at radius 2 is 2.00 bits per heavy atom. The average Bonchev–Trinajstić information content (AvgIpc) is 2.39. The molecule has 0 fully saturated rings. The van der Waals surface area contributed by atoms with Gasteiger partial charge in [-0.25, -0.2) is 4.39 Å². The van der Waals surface area contributed by atoms with Crippen LogP contribution in [0, 0.1) is 12.7 Å². The number of ether oxygens (including phenoxy) is 1. The molecule has 1 unspecified atom stereocenters. The van der Waals surface area contributed by atoms with Gasteiger partial charge in [-0.3, -0.25) is 0 Å². The predicted octanol–water partition coefficient (Wildman–Crippen LogP) is 4.31. The van der Waals surface area contributed by atoms with Crippen molar-refractivity contribution in [2.75, 3.05) is 0 Å². The maximum absolute atomic E-state index is 13.2. The van der Waals surface area contributed by atoms with Crippen LogP contribution in [0.15, 0.2) is 36.4 Å². The van der Waals surface area contributed by atoms with E-state index in [1.807, 2.05) is 19.1 Å². The second-order valence-electron chi connectivity index (χ2n) is 5.13. The molecule has 0 radical (unpaired) electrons. The minimum atomic E-state index is -0.237. The van der Waals surface area contributed by atoms with Gasteiger partial charge in [0.25, 0.3) is 0 Å². The van der Waals surface area contributed by atoms with Crippen molar-refractivity contribution in [3.63, 3.8) is 0 Å². The fraction of sp³-hybridized carbons (Fsp3) is 0.250. The number of hydrogen-bond acceptors (Lipinski definition) is 2. The predicted molar refractivity (Wildman–Crippen MR) is 77.5 cm³/mol. The van der Waals surface area contributed by atoms with Gasteiger partial charge in [0.15, 0.2) is 0 Å². The summed E-state index contributed by atoms with van der Waals surface area (Å²) in [6.45, 7) is 1.88. The van der Waals surface area contributed by atoms with Gasteiger partial charge in [0.05, 0.1) is 0 Å². The third-order valence-electron chi connectivity index (χ3n) is 3.69. The van der Waals surface area contributed by atoms with Gasteiger partial charge in [0.2, 0.25) is 0 Å². The fourth-order valence-electron chi connectivity index (χ4n) is 2.67. The number of rotatable bonds is 1. The summed E-state index contributed by atoms with van der Waals surface area (Å²) in [6, 6.07) is 10.1. The van der Waals surface area contributed by atoms with E-state index in [-0.39, 0.29) is 18.0 Å². The molecule has 4 heteroatoms. The molecule has 0 saturated carbocycles. The van der Waals surface area contributed by atoms with Gasteiger partial charge in [-0.15, -0.1) is 0 Å². The molecule has 2 nitrogen and oxygen atoms in total. The van der Waals surface area contributed by atoms with E-state index in [9.17, 15) is 4.39 Å². The van der Waals surface area contributed by atoms with E-state index in [1.54, 1.807) is 12.1 Å². The summed E-state index contributed by atoms with van der Waals surface area (Å²) in [5.74, 6) is 0.514. The first-order valence-corrected chi connectivity index (χ1v) is 6.90. The Balaban J connectivity index is 1.97. The van der Waals surface area contributed by atoms with Gasteiger partial charge >= 0.3 is 0 Å². The molecule has 2 N–H and O–H groups in total. The summed E-state index contributed by atoms with van der Waals surface area (Å²) >= 11 is 5.99.